The van der Waals surface area contributed by atoms with Crippen LogP contribution in [0.4, 0.5) is 0 Å². The van der Waals surface area contributed by atoms with E-state index in [0.29, 0.717) is 22.5 Å². The van der Waals surface area contributed by atoms with Crippen molar-refractivity contribution in [2.75, 3.05) is 0 Å². The molecule has 0 saturated heterocycles. The zero-order chi connectivity index (χ0) is 65.7. The first-order valence-corrected chi connectivity index (χ1v) is 22.6. The number of aromatic nitrogens is 8. The van der Waals surface area contributed by atoms with Gasteiger partial charge in [-0.3, -0.25) is 0 Å². The molecule has 0 fully saturated rings. The summed E-state index contributed by atoms with van der Waals surface area (Å²) in [6, 6.07) is 51.1. The van der Waals surface area contributed by atoms with Crippen molar-refractivity contribution in [2.24, 2.45) is 0 Å². The predicted octanol–water partition coefficient (Wildman–Crippen LogP) is 12.8. The maximum Gasteiger partial charge on any atom is 0.205 e. The minimum Gasteiger partial charge on any atom is -0.390 e. The second-order valence-electron chi connectivity index (χ2n) is 15.0. The topological polar surface area (TPSA) is 120 Å². The summed E-state index contributed by atoms with van der Waals surface area (Å²) in [4.78, 5) is 9.38. The van der Waals surface area contributed by atoms with E-state index in [2.05, 4.69) is 36.2 Å². The highest BCUT2D eigenvalue weighted by molar-refractivity contribution is 9.10. The van der Waals surface area contributed by atoms with Gasteiger partial charge < -0.3 is 19.3 Å². The molecular formula is C56H55BrCl2N8O2. The van der Waals surface area contributed by atoms with Gasteiger partial charge in [0.1, 0.15) is 11.6 Å². The number of tetrazole rings is 1. The van der Waals surface area contributed by atoms with Gasteiger partial charge in [0, 0.05) is 57.9 Å². The largest absolute Gasteiger partial charge is 0.390 e. The highest BCUT2D eigenvalue weighted by atomic mass is 79.9. The number of aryl methyl sites for hydroxylation is 2. The van der Waals surface area contributed by atoms with Crippen LogP contribution >= 0.6 is 39.1 Å². The molecule has 2 atom stereocenters. The molecule has 0 radical (unpaired) electrons. The maximum absolute atomic E-state index is 10.4. The van der Waals surface area contributed by atoms with Crippen molar-refractivity contribution in [3.05, 3.63) is 229 Å². The zero-order valence-corrected chi connectivity index (χ0v) is 39.4. The predicted molar refractivity (Wildman–Crippen MR) is 279 cm³/mol. The van der Waals surface area contributed by atoms with E-state index in [9.17, 15) is 10.2 Å². The number of nitrogens with zero attached hydrogens (tertiary/aromatic N) is 8. The second kappa shape index (κ2) is 23.4. The van der Waals surface area contributed by atoms with Crippen LogP contribution in [0.1, 0.15) is 117 Å². The summed E-state index contributed by atoms with van der Waals surface area (Å²) in [5, 5.41) is 33.6. The van der Waals surface area contributed by atoms with Gasteiger partial charge in [0.2, 0.25) is 5.82 Å². The number of benzene rings is 6. The van der Waals surface area contributed by atoms with E-state index >= 15 is 0 Å². The molecule has 9 aromatic rings. The minimum absolute atomic E-state index is 0.181. The lowest BCUT2D eigenvalue weighted by molar-refractivity contribution is 0.271. The van der Waals surface area contributed by atoms with Crippen LogP contribution in [0.15, 0.2) is 168 Å². The molecule has 6 aromatic carbocycles. The average Bonchev–Trinajstić information content (AvgIpc) is 1.84. The Bertz CT molecular complexity index is 3800. The molecule has 352 valence electrons. The van der Waals surface area contributed by atoms with Crippen LogP contribution in [0, 0.1) is 0 Å². The van der Waals surface area contributed by atoms with Crippen LogP contribution in [0.5, 0.6) is 0 Å². The first-order chi connectivity index (χ1) is 41.3. The van der Waals surface area contributed by atoms with Crippen LogP contribution in [-0.2, 0) is 44.5 Å². The molecule has 0 aliphatic heterocycles. The summed E-state index contributed by atoms with van der Waals surface area (Å²) < 4.78 is 160. The first-order valence-electron chi connectivity index (χ1n) is 31.2. The van der Waals surface area contributed by atoms with Crippen LogP contribution in [0.2, 0.25) is 10.3 Å². The van der Waals surface area contributed by atoms with Crippen molar-refractivity contribution in [1.29, 1.82) is 0 Å². The third kappa shape index (κ3) is 11.0. The standard InChI is InChI=1S/C41H37ClN6O.C15H18BrClN2O/c1-2-3-23-38-43-39(42)37(29-49)47(38)28-30-24-26-31(27-25-30)35-21-13-14-22-36(35)40-44-46-48(45-40)41(32-15-7-4-8-16-32,33-17-9-5-10-18-33)34-19-11-6-12-20-34;1-2-3-4-14-18-15(17)13(10-20)19(14)9-11-5-7-12(16)8-6-11/h4-22,24-27,49H,2-3,23,28-29H2,1H3;5-8,20H,2-4,9-10H2,1H3/i1D3,2D2,3D2,23D,29D2;1D3,2D2,3D2,4D,10D2. The molecule has 13 heteroatoms. The van der Waals surface area contributed by atoms with E-state index in [1.54, 1.807) is 53.3 Å². The van der Waals surface area contributed by atoms with Crippen molar-refractivity contribution in [1.82, 2.24) is 39.3 Å². The molecule has 2 N–H and O–H groups in total. The smallest absolute Gasteiger partial charge is 0.205 e. The summed E-state index contributed by atoms with van der Waals surface area (Å²) in [5.74, 6) is -0.728. The number of aliphatic hydroxyl groups is 2. The van der Waals surface area contributed by atoms with Crippen LogP contribution in [-0.4, -0.2) is 49.5 Å². The SMILES string of the molecule is [2H]C(c1nc(Cl)c(C([2H])([2H])O)n1Cc1ccc(-c2ccccc2-c2nnn(C(c3ccccc3)(c3ccccc3)c3ccccc3)n2)cc1)C([2H])([2H])C([2H])([2H])C([2H])([2H])[2H].[2H]C(c1nc(Cl)c(C([2H])([2H])O)n1Cc1ccc(Br)cc1)C([2H])([2H])C([2H])([2H])C([2H])([2H])[2H]. The van der Waals surface area contributed by atoms with Crippen LogP contribution in [0.25, 0.3) is 22.5 Å². The first kappa shape index (κ1) is 29.7. The molecule has 2 unspecified atom stereocenters. The van der Waals surface area contributed by atoms with Crippen molar-refractivity contribution >= 4 is 39.1 Å². The lowest BCUT2D eigenvalue weighted by Crippen LogP contribution is -2.39. The lowest BCUT2D eigenvalue weighted by atomic mass is 9.77. The molecular weight excluding hydrogens is 967 g/mol. The van der Waals surface area contributed by atoms with E-state index in [4.69, 9.17) is 55.7 Å². The number of hydrogen-bond donors (Lipinski definition) is 2. The normalized spacial score (nSPS) is 18.2. The van der Waals surface area contributed by atoms with E-state index in [1.165, 1.54) is 0 Å². The van der Waals surface area contributed by atoms with Gasteiger partial charge in [-0.2, -0.15) is 0 Å². The number of imidazole rings is 2. The zero-order valence-electron chi connectivity index (χ0n) is 56.3. The Morgan fingerprint density at radius 3 is 1.46 bits per heavy atom. The van der Waals surface area contributed by atoms with E-state index in [0.717, 1.165) is 41.4 Å². The molecule has 0 aliphatic carbocycles. The molecule has 0 aliphatic rings. The van der Waals surface area contributed by atoms with Crippen molar-refractivity contribution in [2.45, 2.75) is 83.7 Å². The van der Waals surface area contributed by atoms with Gasteiger partial charge in [-0.05, 0) is 69.0 Å². The number of rotatable bonds is 18. The lowest BCUT2D eigenvalue weighted by Gasteiger charge is -2.34. The van der Waals surface area contributed by atoms with Gasteiger partial charge in [-0.15, -0.1) is 15.0 Å². The van der Waals surface area contributed by atoms with Gasteiger partial charge in [0.15, 0.2) is 15.8 Å². The molecule has 0 saturated carbocycles. The third-order valence-corrected chi connectivity index (χ3v) is 12.0. The molecule has 0 amide bonds. The molecule has 10 nitrogen and oxygen atoms in total. The van der Waals surface area contributed by atoms with Gasteiger partial charge in [-0.25, -0.2) is 9.97 Å². The fourth-order valence-corrected chi connectivity index (χ4v) is 8.58. The van der Waals surface area contributed by atoms with Crippen LogP contribution in [0.3, 0.4) is 0 Å². The Hall–Kier alpha value is -6.21. The Kier molecular flexibility index (Phi) is 10.1. The molecule has 69 heavy (non-hydrogen) atoms. The molecule has 9 rings (SSSR count). The molecule has 3 aromatic heterocycles. The Morgan fingerprint density at radius 1 is 0.580 bits per heavy atom. The Labute approximate surface area is 450 Å². The quantitative estimate of drug-likeness (QED) is 0.0821. The summed E-state index contributed by atoms with van der Waals surface area (Å²) in [5.41, 5.74) is 3.86. The third-order valence-electron chi connectivity index (χ3n) is 11.0. The fourth-order valence-electron chi connectivity index (χ4n) is 7.86. The fraction of sp³-hybridized carbons (Fsp3) is 0.232. The summed E-state index contributed by atoms with van der Waals surface area (Å²) in [6.45, 7) is -13.4. The Balaban J connectivity index is 0.000000287. The highest BCUT2D eigenvalue weighted by Gasteiger charge is 2.41. The highest BCUT2D eigenvalue weighted by Crippen LogP contribution is 2.40. The van der Waals surface area contributed by atoms with E-state index in [1.807, 2.05) is 115 Å². The van der Waals surface area contributed by atoms with Crippen LogP contribution < -0.4 is 0 Å². The molecule has 3 heterocycles. The molecule has 0 spiro atoms. The van der Waals surface area contributed by atoms with E-state index in [-0.39, 0.29) is 13.1 Å². The van der Waals surface area contributed by atoms with E-state index < -0.39 is 104 Å². The van der Waals surface area contributed by atoms with Gasteiger partial charge >= 0.3 is 0 Å². The van der Waals surface area contributed by atoms with Crippen molar-refractivity contribution in [3.8, 4) is 22.5 Å². The van der Waals surface area contributed by atoms with Crippen molar-refractivity contribution in [3.63, 3.8) is 0 Å². The van der Waals surface area contributed by atoms with Gasteiger partial charge in [0.25, 0.3) is 0 Å². The van der Waals surface area contributed by atoms with Crippen molar-refractivity contribution < 1.29 is 37.6 Å². The summed E-state index contributed by atoms with van der Waals surface area (Å²) >= 11 is 15.5. The second-order valence-corrected chi connectivity index (χ2v) is 16.7. The average molecular weight is 1040 g/mol. The number of hydrogen-bond acceptors (Lipinski definition) is 7. The monoisotopic (exact) mass is 1040 g/mol. The minimum atomic E-state index is -3.50. The van der Waals surface area contributed by atoms with Gasteiger partial charge in [0.05, 0.1) is 30.0 Å². The van der Waals surface area contributed by atoms with Gasteiger partial charge in [-0.1, -0.05) is 217 Å². The summed E-state index contributed by atoms with van der Waals surface area (Å²) in [7, 11) is 0. The molecule has 0 bridgehead atoms. The number of halogens is 3. The summed E-state index contributed by atoms with van der Waals surface area (Å²) in [6.07, 6.45) is -18.0. The Morgan fingerprint density at radius 2 is 1.01 bits per heavy atom. The maximum atomic E-state index is 10.4.